The van der Waals surface area contributed by atoms with Gasteiger partial charge in [-0.05, 0) is 39.1 Å². The van der Waals surface area contributed by atoms with E-state index in [4.69, 9.17) is 4.42 Å². The summed E-state index contributed by atoms with van der Waals surface area (Å²) in [5.41, 5.74) is 1.32. The number of likely N-dealkylation sites (N-methyl/N-ethyl adjacent to an activating group) is 1. The Morgan fingerprint density at radius 2 is 1.91 bits per heavy atom. The van der Waals surface area contributed by atoms with Crippen molar-refractivity contribution < 1.29 is 9.21 Å². The van der Waals surface area contributed by atoms with Crippen LogP contribution in [0.4, 0.5) is 0 Å². The zero-order valence-electron chi connectivity index (χ0n) is 13.1. The summed E-state index contributed by atoms with van der Waals surface area (Å²) in [6.45, 7) is 5.24. The van der Waals surface area contributed by atoms with Gasteiger partial charge in [-0.15, -0.1) is 0 Å². The zero-order chi connectivity index (χ0) is 15.5. The van der Waals surface area contributed by atoms with Gasteiger partial charge in [0, 0.05) is 25.2 Å². The summed E-state index contributed by atoms with van der Waals surface area (Å²) in [4.78, 5) is 21.3. The van der Waals surface area contributed by atoms with Gasteiger partial charge in [0.15, 0.2) is 5.69 Å². The lowest BCUT2D eigenvalue weighted by molar-refractivity contribution is 0.0756. The van der Waals surface area contributed by atoms with Crippen molar-refractivity contribution in [3.8, 4) is 11.5 Å². The largest absolute Gasteiger partial charge is 0.441 e. The van der Waals surface area contributed by atoms with Crippen molar-refractivity contribution in [1.82, 2.24) is 14.8 Å². The Hall–Kier alpha value is -2.14. The van der Waals surface area contributed by atoms with Crippen molar-refractivity contribution in [1.29, 1.82) is 0 Å². The number of hydrogen-bond donors (Lipinski definition) is 0. The van der Waals surface area contributed by atoms with Crippen molar-refractivity contribution in [2.75, 3.05) is 33.2 Å². The molecule has 5 nitrogen and oxygen atoms in total. The lowest BCUT2D eigenvalue weighted by Gasteiger charge is -2.19. The standard InChI is InChI=1S/C17H21N3O2/c1-13-15(17(21)20-10-6-9-19(2)11-12-20)18-16(22-13)14-7-4-3-5-8-14/h3-5,7-8H,6,9-12H2,1-2H3. The van der Waals surface area contributed by atoms with E-state index in [0.717, 1.165) is 38.2 Å². The van der Waals surface area contributed by atoms with E-state index in [-0.39, 0.29) is 5.91 Å². The smallest absolute Gasteiger partial charge is 0.276 e. The van der Waals surface area contributed by atoms with Gasteiger partial charge in [-0.2, -0.15) is 0 Å². The minimum atomic E-state index is -0.0290. The molecule has 1 fully saturated rings. The summed E-state index contributed by atoms with van der Waals surface area (Å²) in [5, 5.41) is 0. The van der Waals surface area contributed by atoms with Crippen molar-refractivity contribution in [2.24, 2.45) is 0 Å². The summed E-state index contributed by atoms with van der Waals surface area (Å²) >= 11 is 0. The number of amides is 1. The molecule has 0 spiro atoms. The van der Waals surface area contributed by atoms with Crippen LogP contribution in [0.25, 0.3) is 11.5 Å². The van der Waals surface area contributed by atoms with Gasteiger partial charge in [-0.25, -0.2) is 4.98 Å². The molecule has 0 unspecified atom stereocenters. The number of aryl methyl sites for hydroxylation is 1. The maximum absolute atomic E-state index is 12.7. The number of rotatable bonds is 2. The number of nitrogens with zero attached hydrogens (tertiary/aromatic N) is 3. The molecule has 1 aromatic carbocycles. The molecule has 116 valence electrons. The van der Waals surface area contributed by atoms with Gasteiger partial charge >= 0.3 is 0 Å². The predicted octanol–water partition coefficient (Wildman–Crippen LogP) is 2.43. The summed E-state index contributed by atoms with van der Waals surface area (Å²) in [6, 6.07) is 9.67. The fourth-order valence-electron chi connectivity index (χ4n) is 2.70. The van der Waals surface area contributed by atoms with E-state index >= 15 is 0 Å². The van der Waals surface area contributed by atoms with Crippen LogP contribution in [0.3, 0.4) is 0 Å². The first-order valence-corrected chi connectivity index (χ1v) is 7.66. The molecule has 0 atom stereocenters. The van der Waals surface area contributed by atoms with Crippen LogP contribution < -0.4 is 0 Å². The third-order valence-corrected chi connectivity index (χ3v) is 4.03. The fourth-order valence-corrected chi connectivity index (χ4v) is 2.70. The molecule has 1 aliphatic rings. The van der Waals surface area contributed by atoms with Crippen LogP contribution in [-0.2, 0) is 0 Å². The van der Waals surface area contributed by atoms with Crippen LogP contribution in [0.5, 0.6) is 0 Å². The Bertz CT molecular complexity index is 651. The third-order valence-electron chi connectivity index (χ3n) is 4.03. The van der Waals surface area contributed by atoms with Crippen LogP contribution in [0.1, 0.15) is 22.7 Å². The Kier molecular flexibility index (Phi) is 4.24. The average molecular weight is 299 g/mol. The number of hydrogen-bond acceptors (Lipinski definition) is 4. The summed E-state index contributed by atoms with van der Waals surface area (Å²) in [5.74, 6) is 1.06. The van der Waals surface area contributed by atoms with E-state index in [1.54, 1.807) is 6.92 Å². The highest BCUT2D eigenvalue weighted by Gasteiger charge is 2.24. The molecular formula is C17H21N3O2. The van der Waals surface area contributed by atoms with E-state index in [9.17, 15) is 4.79 Å². The monoisotopic (exact) mass is 299 g/mol. The van der Waals surface area contributed by atoms with E-state index in [0.29, 0.717) is 17.3 Å². The molecule has 1 saturated heterocycles. The molecule has 1 amide bonds. The molecule has 0 radical (unpaired) electrons. The van der Waals surface area contributed by atoms with Gasteiger partial charge in [0.25, 0.3) is 5.91 Å². The number of oxazole rings is 1. The highest BCUT2D eigenvalue weighted by atomic mass is 16.4. The summed E-state index contributed by atoms with van der Waals surface area (Å²) in [6.07, 6.45) is 0.991. The van der Waals surface area contributed by atoms with Gasteiger partial charge < -0.3 is 14.2 Å². The molecule has 2 heterocycles. The summed E-state index contributed by atoms with van der Waals surface area (Å²) < 4.78 is 5.70. The molecule has 3 rings (SSSR count). The van der Waals surface area contributed by atoms with Gasteiger partial charge in [-0.1, -0.05) is 18.2 Å². The van der Waals surface area contributed by atoms with Gasteiger partial charge in [0.1, 0.15) is 5.76 Å². The van der Waals surface area contributed by atoms with Crippen molar-refractivity contribution in [3.05, 3.63) is 41.8 Å². The minimum absolute atomic E-state index is 0.0290. The van der Waals surface area contributed by atoms with Crippen LogP contribution in [0, 0.1) is 6.92 Å². The molecule has 0 aliphatic carbocycles. The van der Waals surface area contributed by atoms with Crippen LogP contribution >= 0.6 is 0 Å². The molecule has 1 aliphatic heterocycles. The summed E-state index contributed by atoms with van der Waals surface area (Å²) in [7, 11) is 2.09. The zero-order valence-corrected chi connectivity index (χ0v) is 13.1. The second-order valence-corrected chi connectivity index (χ2v) is 5.74. The first-order chi connectivity index (χ1) is 10.6. The molecular weight excluding hydrogens is 278 g/mol. The van der Waals surface area contributed by atoms with Gasteiger partial charge in [0.05, 0.1) is 0 Å². The third kappa shape index (κ3) is 3.04. The molecule has 0 N–H and O–H groups in total. The second kappa shape index (κ2) is 6.32. The number of carbonyl (C=O) groups is 1. The van der Waals surface area contributed by atoms with E-state index in [1.807, 2.05) is 35.2 Å². The first-order valence-electron chi connectivity index (χ1n) is 7.66. The fraction of sp³-hybridized carbons (Fsp3) is 0.412. The topological polar surface area (TPSA) is 49.6 Å². The average Bonchev–Trinajstić information content (AvgIpc) is 2.79. The predicted molar refractivity (Wildman–Crippen MR) is 84.7 cm³/mol. The first kappa shape index (κ1) is 14.8. The molecule has 22 heavy (non-hydrogen) atoms. The van der Waals surface area contributed by atoms with Gasteiger partial charge in [0.2, 0.25) is 5.89 Å². The van der Waals surface area contributed by atoms with Crippen LogP contribution in [0.2, 0.25) is 0 Å². The highest BCUT2D eigenvalue weighted by Crippen LogP contribution is 2.22. The Labute approximate surface area is 130 Å². The SMILES string of the molecule is Cc1oc(-c2ccccc2)nc1C(=O)N1CCCN(C)CC1. The maximum atomic E-state index is 12.7. The molecule has 2 aromatic rings. The molecule has 0 bridgehead atoms. The molecule has 0 saturated carbocycles. The Morgan fingerprint density at radius 1 is 1.14 bits per heavy atom. The van der Waals surface area contributed by atoms with Crippen LogP contribution in [-0.4, -0.2) is 53.9 Å². The number of benzene rings is 1. The Morgan fingerprint density at radius 3 is 2.68 bits per heavy atom. The van der Waals surface area contributed by atoms with Gasteiger partial charge in [-0.3, -0.25) is 4.79 Å². The minimum Gasteiger partial charge on any atom is -0.441 e. The van der Waals surface area contributed by atoms with E-state index in [1.165, 1.54) is 0 Å². The molecule has 5 heteroatoms. The van der Waals surface area contributed by atoms with Crippen molar-refractivity contribution >= 4 is 5.91 Å². The molecule has 1 aromatic heterocycles. The van der Waals surface area contributed by atoms with E-state index in [2.05, 4.69) is 16.9 Å². The van der Waals surface area contributed by atoms with Crippen molar-refractivity contribution in [2.45, 2.75) is 13.3 Å². The van der Waals surface area contributed by atoms with Crippen molar-refractivity contribution in [3.63, 3.8) is 0 Å². The quantitative estimate of drug-likeness (QED) is 0.854. The normalized spacial score (nSPS) is 16.5. The lowest BCUT2D eigenvalue weighted by Crippen LogP contribution is -2.35. The van der Waals surface area contributed by atoms with E-state index < -0.39 is 0 Å². The number of aromatic nitrogens is 1. The maximum Gasteiger partial charge on any atom is 0.276 e. The highest BCUT2D eigenvalue weighted by molar-refractivity contribution is 5.93. The van der Waals surface area contributed by atoms with Crippen LogP contribution in [0.15, 0.2) is 34.7 Å². The Balaban J connectivity index is 1.82. The number of carbonyl (C=O) groups excluding carboxylic acids is 1. The lowest BCUT2D eigenvalue weighted by atomic mass is 10.2. The second-order valence-electron chi connectivity index (χ2n) is 5.74.